The second-order valence-corrected chi connectivity index (χ2v) is 9.60. The Morgan fingerprint density at radius 3 is 1.00 bits per heavy atom. The predicted octanol–water partition coefficient (Wildman–Crippen LogP) is 2.37. The van der Waals surface area contributed by atoms with Crippen LogP contribution in [0.2, 0.25) is 0 Å². The molecule has 0 radical (unpaired) electrons. The van der Waals surface area contributed by atoms with E-state index in [0.717, 1.165) is 18.6 Å². The molecule has 48 heavy (non-hydrogen) atoms. The number of hydrazone groups is 3. The summed E-state index contributed by atoms with van der Waals surface area (Å²) in [4.78, 5) is 39.9. The first-order valence-corrected chi connectivity index (χ1v) is 13.9. The number of hydrogen-bond donors (Lipinski definition) is 6. The zero-order valence-corrected chi connectivity index (χ0v) is 25.8. The van der Waals surface area contributed by atoms with Crippen molar-refractivity contribution in [2.24, 2.45) is 15.3 Å². The maximum absolute atomic E-state index is 13.3. The van der Waals surface area contributed by atoms with E-state index in [-0.39, 0.29) is 17.2 Å². The van der Waals surface area contributed by atoms with Crippen LogP contribution in [0, 0.1) is 0 Å². The van der Waals surface area contributed by atoms with Crippen molar-refractivity contribution in [2.75, 3.05) is 21.3 Å². The summed E-state index contributed by atoms with van der Waals surface area (Å²) >= 11 is 0. The zero-order chi connectivity index (χ0) is 34.6. The number of ether oxygens (including phenoxy) is 3. The fraction of sp³-hybridized carbons (Fsp3) is 0.0909. The van der Waals surface area contributed by atoms with Crippen LogP contribution in [0.1, 0.15) is 16.7 Å². The molecule has 0 atom stereocenters. The van der Waals surface area contributed by atoms with E-state index in [0.29, 0.717) is 33.9 Å². The Morgan fingerprint density at radius 2 is 0.771 bits per heavy atom. The highest BCUT2D eigenvalue weighted by atomic mass is 16.5. The van der Waals surface area contributed by atoms with Crippen LogP contribution in [0.4, 0.5) is 0 Å². The number of nitrogens with one attached hydrogen (secondary N) is 3. The van der Waals surface area contributed by atoms with Crippen molar-refractivity contribution in [3.05, 3.63) is 107 Å². The van der Waals surface area contributed by atoms with E-state index in [9.17, 15) is 29.7 Å². The van der Waals surface area contributed by atoms with Crippen LogP contribution in [-0.4, -0.2) is 72.6 Å². The number of methoxy groups -OCH3 is 3. The van der Waals surface area contributed by atoms with Crippen LogP contribution in [0.15, 0.2) is 105 Å². The molecule has 3 aromatic rings. The van der Waals surface area contributed by atoms with Gasteiger partial charge in [-0.05, 0) is 36.4 Å². The molecular formula is C33H30N6O9. The lowest BCUT2D eigenvalue weighted by Gasteiger charge is -2.17. The Kier molecular flexibility index (Phi) is 11.3. The largest absolute Gasteiger partial charge is 0.507 e. The Morgan fingerprint density at radius 1 is 0.500 bits per heavy atom. The topological polar surface area (TPSA) is 213 Å². The molecular weight excluding hydrogens is 624 g/mol. The number of carbonyl (C=O) groups excluding carboxylic acids is 3. The third kappa shape index (κ3) is 8.22. The van der Waals surface area contributed by atoms with Crippen LogP contribution >= 0.6 is 0 Å². The molecule has 1 aliphatic rings. The average molecular weight is 655 g/mol. The van der Waals surface area contributed by atoms with Gasteiger partial charge in [0.25, 0.3) is 0 Å². The Labute approximate surface area is 273 Å². The van der Waals surface area contributed by atoms with E-state index in [1.165, 1.54) is 58.2 Å². The van der Waals surface area contributed by atoms with Gasteiger partial charge in [-0.1, -0.05) is 0 Å². The van der Waals surface area contributed by atoms with Gasteiger partial charge in [0.1, 0.15) is 34.5 Å². The number of carbonyl (C=O) groups is 3. The van der Waals surface area contributed by atoms with Crippen LogP contribution < -0.4 is 30.5 Å². The SMILES string of the molecule is COc1ccc(/C=N/NC=C2C(=O)C(=CN/N=C/c3ccc(OC)cc3O)C(=O)C(=CN/N=C/c3ccc(OC)cc3O)C2=O)c(O)c1. The molecule has 1 saturated carbocycles. The molecule has 0 aliphatic heterocycles. The zero-order valence-electron chi connectivity index (χ0n) is 25.8. The smallest absolute Gasteiger partial charge is 0.204 e. The van der Waals surface area contributed by atoms with E-state index in [4.69, 9.17) is 14.2 Å². The molecule has 0 saturated heterocycles. The van der Waals surface area contributed by atoms with E-state index in [2.05, 4.69) is 31.6 Å². The molecule has 0 spiro atoms. The van der Waals surface area contributed by atoms with Gasteiger partial charge in [0.15, 0.2) is 0 Å². The predicted molar refractivity (Wildman–Crippen MR) is 175 cm³/mol. The van der Waals surface area contributed by atoms with Crippen molar-refractivity contribution < 1.29 is 43.9 Å². The van der Waals surface area contributed by atoms with Crippen molar-refractivity contribution in [1.82, 2.24) is 16.3 Å². The van der Waals surface area contributed by atoms with Gasteiger partial charge < -0.3 is 29.5 Å². The number of aromatic hydroxyl groups is 3. The van der Waals surface area contributed by atoms with Crippen LogP contribution in [0.5, 0.6) is 34.5 Å². The second kappa shape index (κ2) is 15.9. The highest BCUT2D eigenvalue weighted by molar-refractivity contribution is 6.51. The van der Waals surface area contributed by atoms with Crippen molar-refractivity contribution in [3.8, 4) is 34.5 Å². The molecule has 0 heterocycles. The lowest BCUT2D eigenvalue weighted by Crippen LogP contribution is -2.34. The minimum Gasteiger partial charge on any atom is -0.507 e. The number of Topliss-reactive ketones (excluding diaryl/α,β-unsaturated/α-hetero) is 3. The van der Waals surface area contributed by atoms with Gasteiger partial charge in [0.2, 0.25) is 17.3 Å². The van der Waals surface area contributed by atoms with Gasteiger partial charge >= 0.3 is 0 Å². The maximum atomic E-state index is 13.3. The van der Waals surface area contributed by atoms with Gasteiger partial charge in [0.05, 0.1) is 56.7 Å². The third-order valence-electron chi connectivity index (χ3n) is 6.64. The molecule has 1 aliphatic carbocycles. The molecule has 6 N–H and O–H groups in total. The first-order valence-electron chi connectivity index (χ1n) is 13.9. The summed E-state index contributed by atoms with van der Waals surface area (Å²) in [5.41, 5.74) is 7.01. The van der Waals surface area contributed by atoms with Gasteiger partial charge in [0, 0.05) is 53.5 Å². The molecule has 0 unspecified atom stereocenters. The van der Waals surface area contributed by atoms with Gasteiger partial charge in [-0.3, -0.25) is 30.7 Å². The lowest BCUT2D eigenvalue weighted by molar-refractivity contribution is -0.124. The maximum Gasteiger partial charge on any atom is 0.204 e. The summed E-state index contributed by atoms with van der Waals surface area (Å²) in [6, 6.07) is 13.6. The highest BCUT2D eigenvalue weighted by Crippen LogP contribution is 2.25. The molecule has 246 valence electrons. The van der Waals surface area contributed by atoms with Gasteiger partial charge in [-0.2, -0.15) is 15.3 Å². The molecule has 15 nitrogen and oxygen atoms in total. The number of benzene rings is 3. The Balaban J connectivity index is 1.59. The number of nitrogens with zero attached hydrogens (tertiary/aromatic N) is 3. The quantitative estimate of drug-likeness (QED) is 0.0719. The highest BCUT2D eigenvalue weighted by Gasteiger charge is 2.38. The summed E-state index contributed by atoms with van der Waals surface area (Å²) in [5, 5.41) is 42.2. The van der Waals surface area contributed by atoms with E-state index in [1.54, 1.807) is 36.4 Å². The summed E-state index contributed by atoms with van der Waals surface area (Å²) in [6.07, 6.45) is 6.77. The molecule has 0 aromatic heterocycles. The number of allylic oxidation sites excluding steroid dienone is 3. The van der Waals surface area contributed by atoms with E-state index < -0.39 is 34.1 Å². The van der Waals surface area contributed by atoms with E-state index >= 15 is 0 Å². The standard InChI is InChI=1S/C33H30N6O9/c1-46-22-7-4-19(28(40)10-22)13-34-37-16-25-31(43)26(17-38-35-14-20-5-8-23(47-2)11-29(20)41)33(45)27(32(25)44)18-39-36-15-21-6-9-24(48-3)12-30(21)42/h4-18,37-42H,1-3H3/b25-16?,26-17?,27-18?,34-13+,35-14+,36-15+. The lowest BCUT2D eigenvalue weighted by atomic mass is 9.84. The number of rotatable bonds is 12. The number of ketones is 3. The van der Waals surface area contributed by atoms with Crippen molar-refractivity contribution >= 4 is 36.0 Å². The molecule has 15 heteroatoms. The van der Waals surface area contributed by atoms with Crippen LogP contribution in [0.3, 0.4) is 0 Å². The molecule has 0 amide bonds. The van der Waals surface area contributed by atoms with Crippen LogP contribution in [-0.2, 0) is 14.4 Å². The fourth-order valence-electron chi connectivity index (χ4n) is 4.04. The van der Waals surface area contributed by atoms with Crippen molar-refractivity contribution in [2.45, 2.75) is 0 Å². The summed E-state index contributed by atoms with van der Waals surface area (Å²) in [7, 11) is 4.35. The minimum absolute atomic E-state index is 0.123. The minimum atomic E-state index is -0.932. The second-order valence-electron chi connectivity index (χ2n) is 9.60. The summed E-state index contributed by atoms with van der Waals surface area (Å²) in [6.45, 7) is 0. The monoisotopic (exact) mass is 654 g/mol. The number of hydrogen-bond acceptors (Lipinski definition) is 15. The normalized spacial score (nSPS) is 13.3. The first kappa shape index (κ1) is 34.0. The molecule has 3 aromatic carbocycles. The molecule has 4 rings (SSSR count). The van der Waals surface area contributed by atoms with E-state index in [1.807, 2.05) is 0 Å². The Hall–Kier alpha value is -6.90. The first-order chi connectivity index (χ1) is 23.2. The summed E-state index contributed by atoms with van der Waals surface area (Å²) < 4.78 is 15.1. The van der Waals surface area contributed by atoms with Gasteiger partial charge in [-0.15, -0.1) is 0 Å². The van der Waals surface area contributed by atoms with Crippen molar-refractivity contribution in [3.63, 3.8) is 0 Å². The number of phenolic OH excluding ortho intramolecular Hbond substituents is 3. The molecule has 1 fully saturated rings. The third-order valence-corrected chi connectivity index (χ3v) is 6.64. The number of phenols is 3. The average Bonchev–Trinajstić information content (AvgIpc) is 3.08. The van der Waals surface area contributed by atoms with Gasteiger partial charge in [-0.25, -0.2) is 0 Å². The Bertz CT molecular complexity index is 1670. The molecule has 0 bridgehead atoms. The van der Waals surface area contributed by atoms with Crippen molar-refractivity contribution in [1.29, 1.82) is 0 Å². The summed E-state index contributed by atoms with van der Waals surface area (Å²) in [5.74, 6) is -1.87. The fourth-order valence-corrected chi connectivity index (χ4v) is 4.04. The van der Waals surface area contributed by atoms with Crippen LogP contribution in [0.25, 0.3) is 0 Å².